The van der Waals surface area contributed by atoms with Crippen LogP contribution in [0.15, 0.2) is 0 Å². The number of hydrogen-bond donors (Lipinski definition) is 2. The molecule has 0 spiro atoms. The molecule has 1 saturated carbocycles. The number of hydrogen-bond acceptors (Lipinski definition) is 3. The standard InChI is InChI=1S/C13H22N2O3/c14-9-13(4-2-5-13)7-11(16)15-6-1-3-10(8-15)12(17)18/h10H,1-9,14H2,(H,17,18). The zero-order chi connectivity index (χ0) is 13.2. The van der Waals surface area contributed by atoms with Crippen molar-refractivity contribution in [3.8, 4) is 0 Å². The molecule has 1 aliphatic heterocycles. The summed E-state index contributed by atoms with van der Waals surface area (Å²) in [5.74, 6) is -1.09. The molecule has 0 aromatic heterocycles. The first-order chi connectivity index (χ1) is 8.56. The Kier molecular flexibility index (Phi) is 3.90. The van der Waals surface area contributed by atoms with Crippen LogP contribution in [-0.4, -0.2) is 41.5 Å². The van der Waals surface area contributed by atoms with E-state index in [1.807, 2.05) is 0 Å². The van der Waals surface area contributed by atoms with Crippen molar-refractivity contribution in [1.29, 1.82) is 0 Å². The van der Waals surface area contributed by atoms with E-state index in [0.717, 1.165) is 25.7 Å². The number of nitrogens with zero attached hydrogens (tertiary/aromatic N) is 1. The van der Waals surface area contributed by atoms with Crippen LogP contribution in [0.5, 0.6) is 0 Å². The molecule has 1 heterocycles. The minimum atomic E-state index is -0.787. The molecule has 18 heavy (non-hydrogen) atoms. The summed E-state index contributed by atoms with van der Waals surface area (Å²) in [6, 6.07) is 0. The van der Waals surface area contributed by atoms with Crippen LogP contribution in [-0.2, 0) is 9.59 Å². The maximum Gasteiger partial charge on any atom is 0.308 e. The van der Waals surface area contributed by atoms with Crippen LogP contribution in [0.1, 0.15) is 38.5 Å². The lowest BCUT2D eigenvalue weighted by Gasteiger charge is -2.42. The summed E-state index contributed by atoms with van der Waals surface area (Å²) in [5, 5.41) is 9.02. The van der Waals surface area contributed by atoms with Crippen LogP contribution in [0.25, 0.3) is 0 Å². The molecule has 5 nitrogen and oxygen atoms in total. The van der Waals surface area contributed by atoms with Gasteiger partial charge in [-0.2, -0.15) is 0 Å². The van der Waals surface area contributed by atoms with Crippen molar-refractivity contribution in [2.75, 3.05) is 19.6 Å². The third kappa shape index (κ3) is 2.66. The van der Waals surface area contributed by atoms with Gasteiger partial charge in [-0.1, -0.05) is 6.42 Å². The number of piperidine rings is 1. The molecular weight excluding hydrogens is 232 g/mol. The highest BCUT2D eigenvalue weighted by Crippen LogP contribution is 2.43. The molecule has 0 aromatic rings. The predicted molar refractivity (Wildman–Crippen MR) is 66.9 cm³/mol. The predicted octanol–water partition coefficient (Wildman–Crippen LogP) is 0.829. The van der Waals surface area contributed by atoms with Gasteiger partial charge in [0.15, 0.2) is 0 Å². The Morgan fingerprint density at radius 3 is 2.56 bits per heavy atom. The van der Waals surface area contributed by atoms with Crippen molar-refractivity contribution in [3.05, 3.63) is 0 Å². The first kappa shape index (κ1) is 13.3. The molecule has 102 valence electrons. The number of rotatable bonds is 4. The molecule has 3 N–H and O–H groups in total. The number of aliphatic carboxylic acids is 1. The molecule has 1 aliphatic carbocycles. The van der Waals surface area contributed by atoms with Gasteiger partial charge in [0.2, 0.25) is 5.91 Å². The highest BCUT2D eigenvalue weighted by atomic mass is 16.4. The Morgan fingerprint density at radius 1 is 1.33 bits per heavy atom. The number of nitrogens with two attached hydrogens (primary N) is 1. The first-order valence-electron chi connectivity index (χ1n) is 6.77. The largest absolute Gasteiger partial charge is 0.481 e. The number of amides is 1. The summed E-state index contributed by atoms with van der Waals surface area (Å²) in [4.78, 5) is 24.9. The lowest BCUT2D eigenvalue weighted by atomic mass is 9.66. The van der Waals surface area contributed by atoms with Gasteiger partial charge < -0.3 is 15.7 Å². The quantitative estimate of drug-likeness (QED) is 0.778. The number of likely N-dealkylation sites (tertiary alicyclic amines) is 1. The van der Waals surface area contributed by atoms with Crippen molar-refractivity contribution in [3.63, 3.8) is 0 Å². The van der Waals surface area contributed by atoms with Crippen LogP contribution in [0, 0.1) is 11.3 Å². The Labute approximate surface area is 107 Å². The number of carboxylic acids is 1. The van der Waals surface area contributed by atoms with Crippen molar-refractivity contribution < 1.29 is 14.7 Å². The van der Waals surface area contributed by atoms with Gasteiger partial charge in [0.05, 0.1) is 5.92 Å². The number of carbonyl (C=O) groups excluding carboxylic acids is 1. The van der Waals surface area contributed by atoms with Gasteiger partial charge in [0.25, 0.3) is 0 Å². The maximum absolute atomic E-state index is 12.2. The highest BCUT2D eigenvalue weighted by Gasteiger charge is 2.39. The molecule has 5 heteroatoms. The van der Waals surface area contributed by atoms with E-state index in [2.05, 4.69) is 0 Å². The average Bonchev–Trinajstić information content (AvgIpc) is 2.33. The summed E-state index contributed by atoms with van der Waals surface area (Å²) in [6.07, 6.45) is 5.19. The van der Waals surface area contributed by atoms with Crippen LogP contribution in [0.3, 0.4) is 0 Å². The summed E-state index contributed by atoms with van der Waals surface area (Å²) in [5.41, 5.74) is 5.76. The van der Waals surface area contributed by atoms with E-state index in [1.54, 1.807) is 4.90 Å². The highest BCUT2D eigenvalue weighted by molar-refractivity contribution is 5.78. The monoisotopic (exact) mass is 254 g/mol. The third-order valence-electron chi connectivity index (χ3n) is 4.50. The number of carboxylic acid groups (broad SMARTS) is 1. The minimum Gasteiger partial charge on any atom is -0.481 e. The lowest BCUT2D eigenvalue weighted by molar-refractivity contribution is -0.146. The Morgan fingerprint density at radius 2 is 2.06 bits per heavy atom. The Bertz CT molecular complexity index is 334. The first-order valence-corrected chi connectivity index (χ1v) is 6.77. The Hall–Kier alpha value is -1.10. The minimum absolute atomic E-state index is 0.00719. The van der Waals surface area contributed by atoms with E-state index in [-0.39, 0.29) is 11.3 Å². The molecule has 0 aromatic carbocycles. The van der Waals surface area contributed by atoms with Crippen LogP contribution in [0.4, 0.5) is 0 Å². The summed E-state index contributed by atoms with van der Waals surface area (Å²) in [6.45, 7) is 1.63. The molecule has 0 bridgehead atoms. The van der Waals surface area contributed by atoms with Crippen molar-refractivity contribution in [2.45, 2.75) is 38.5 Å². The molecule has 1 amide bonds. The van der Waals surface area contributed by atoms with E-state index in [9.17, 15) is 9.59 Å². The fourth-order valence-corrected chi connectivity index (χ4v) is 2.97. The summed E-state index contributed by atoms with van der Waals surface area (Å²) < 4.78 is 0. The fourth-order valence-electron chi connectivity index (χ4n) is 2.97. The lowest BCUT2D eigenvalue weighted by Crippen LogP contribution is -2.47. The van der Waals surface area contributed by atoms with Crippen molar-refractivity contribution >= 4 is 11.9 Å². The van der Waals surface area contributed by atoms with E-state index < -0.39 is 11.9 Å². The molecule has 0 radical (unpaired) electrons. The van der Waals surface area contributed by atoms with Gasteiger partial charge in [0.1, 0.15) is 0 Å². The average molecular weight is 254 g/mol. The summed E-state index contributed by atoms with van der Waals surface area (Å²) in [7, 11) is 0. The van der Waals surface area contributed by atoms with Gasteiger partial charge in [-0.3, -0.25) is 9.59 Å². The molecule has 2 fully saturated rings. The Balaban J connectivity index is 1.90. The molecule has 2 rings (SSSR count). The van der Waals surface area contributed by atoms with Gasteiger partial charge in [0, 0.05) is 19.5 Å². The van der Waals surface area contributed by atoms with E-state index in [0.29, 0.717) is 32.5 Å². The number of carbonyl (C=O) groups is 2. The van der Waals surface area contributed by atoms with Crippen molar-refractivity contribution in [1.82, 2.24) is 4.90 Å². The van der Waals surface area contributed by atoms with Crippen LogP contribution >= 0.6 is 0 Å². The molecule has 1 unspecified atom stereocenters. The van der Waals surface area contributed by atoms with Crippen molar-refractivity contribution in [2.24, 2.45) is 17.1 Å². The van der Waals surface area contributed by atoms with Gasteiger partial charge in [-0.15, -0.1) is 0 Å². The van der Waals surface area contributed by atoms with Crippen LogP contribution < -0.4 is 5.73 Å². The second-order valence-corrected chi connectivity index (χ2v) is 5.75. The SMILES string of the molecule is NCC1(CC(=O)N2CCCC(C(=O)O)C2)CCC1. The van der Waals surface area contributed by atoms with E-state index >= 15 is 0 Å². The van der Waals surface area contributed by atoms with Gasteiger partial charge >= 0.3 is 5.97 Å². The fraction of sp³-hybridized carbons (Fsp3) is 0.846. The van der Waals surface area contributed by atoms with E-state index in [1.165, 1.54) is 0 Å². The van der Waals surface area contributed by atoms with Crippen LogP contribution in [0.2, 0.25) is 0 Å². The smallest absolute Gasteiger partial charge is 0.308 e. The summed E-state index contributed by atoms with van der Waals surface area (Å²) >= 11 is 0. The second kappa shape index (κ2) is 5.26. The molecule has 1 atom stereocenters. The maximum atomic E-state index is 12.2. The molecule has 1 saturated heterocycles. The normalized spacial score (nSPS) is 26.5. The zero-order valence-corrected chi connectivity index (χ0v) is 10.7. The molecular formula is C13H22N2O3. The topological polar surface area (TPSA) is 83.6 Å². The molecule has 2 aliphatic rings. The third-order valence-corrected chi connectivity index (χ3v) is 4.50. The zero-order valence-electron chi connectivity index (χ0n) is 10.7. The van der Waals surface area contributed by atoms with E-state index in [4.69, 9.17) is 10.8 Å². The second-order valence-electron chi connectivity index (χ2n) is 5.75. The van der Waals surface area contributed by atoms with Gasteiger partial charge in [-0.25, -0.2) is 0 Å². The van der Waals surface area contributed by atoms with Gasteiger partial charge in [-0.05, 0) is 37.6 Å².